The number of hydrogen-bond donors (Lipinski definition) is 1. The molecule has 0 aromatic heterocycles. The lowest BCUT2D eigenvalue weighted by Crippen LogP contribution is -2.33. The summed E-state index contributed by atoms with van der Waals surface area (Å²) in [6, 6.07) is 0. The number of rotatable bonds is 7. The molecule has 2 saturated carbocycles. The van der Waals surface area contributed by atoms with Crippen molar-refractivity contribution in [2.75, 3.05) is 31.9 Å². The number of hydrogen-bond acceptors (Lipinski definition) is 3. The Balaban J connectivity index is 1.30. The minimum Gasteiger partial charge on any atom is -0.316 e. The van der Waals surface area contributed by atoms with Crippen LogP contribution in [0.25, 0.3) is 0 Å². The maximum absolute atomic E-state index is 12.1. The van der Waals surface area contributed by atoms with Gasteiger partial charge in [0.25, 0.3) is 0 Å². The van der Waals surface area contributed by atoms with E-state index >= 15 is 0 Å². The number of nitrogens with one attached hydrogen (secondary N) is 1. The SMILES string of the molecule is O=S(=O)(CCCNCC1CCCC1)N1C[C@H]2C[C@H]2C1. The molecule has 3 fully saturated rings. The molecule has 1 saturated heterocycles. The third-order valence-corrected chi connectivity index (χ3v) is 6.89. The molecular weight excluding hydrogens is 260 g/mol. The Kier molecular flexibility index (Phi) is 4.15. The summed E-state index contributed by atoms with van der Waals surface area (Å²) in [4.78, 5) is 0. The van der Waals surface area contributed by atoms with Gasteiger partial charge in [0.15, 0.2) is 0 Å². The van der Waals surface area contributed by atoms with Gasteiger partial charge in [-0.3, -0.25) is 0 Å². The molecule has 2 aliphatic carbocycles. The minimum atomic E-state index is -2.97. The van der Waals surface area contributed by atoms with E-state index in [9.17, 15) is 8.42 Å². The lowest BCUT2D eigenvalue weighted by molar-refractivity contribution is 0.439. The summed E-state index contributed by atoms with van der Waals surface area (Å²) in [6.07, 6.45) is 7.45. The van der Waals surface area contributed by atoms with Gasteiger partial charge >= 0.3 is 0 Å². The standard InChI is InChI=1S/C14H26N2O2S/c17-19(18,16-10-13-8-14(13)11-16)7-3-6-15-9-12-4-1-2-5-12/h12-15H,1-11H2/t13-,14+. The second kappa shape index (κ2) is 5.70. The van der Waals surface area contributed by atoms with Crippen molar-refractivity contribution >= 4 is 10.0 Å². The summed E-state index contributed by atoms with van der Waals surface area (Å²) in [5.74, 6) is 2.54. The first-order valence-electron chi connectivity index (χ1n) is 7.84. The fraction of sp³-hybridized carbons (Fsp3) is 1.00. The quantitative estimate of drug-likeness (QED) is 0.721. The highest BCUT2D eigenvalue weighted by atomic mass is 32.2. The highest BCUT2D eigenvalue weighted by Crippen LogP contribution is 2.45. The van der Waals surface area contributed by atoms with Crippen LogP contribution >= 0.6 is 0 Å². The van der Waals surface area contributed by atoms with E-state index in [1.165, 1.54) is 32.1 Å². The van der Waals surface area contributed by atoms with E-state index < -0.39 is 10.0 Å². The minimum absolute atomic E-state index is 0.324. The second-order valence-corrected chi connectivity index (χ2v) is 8.69. The van der Waals surface area contributed by atoms with Gasteiger partial charge in [0.05, 0.1) is 5.75 Å². The molecule has 0 spiro atoms. The van der Waals surface area contributed by atoms with Crippen molar-refractivity contribution in [1.29, 1.82) is 0 Å². The third kappa shape index (κ3) is 3.50. The molecule has 3 aliphatic rings. The number of fused-ring (bicyclic) bond motifs is 1. The average Bonchev–Trinajstić information content (AvgIpc) is 2.84. The van der Waals surface area contributed by atoms with Gasteiger partial charge in [-0.05, 0) is 56.5 Å². The predicted molar refractivity (Wildman–Crippen MR) is 76.4 cm³/mol. The van der Waals surface area contributed by atoms with Crippen LogP contribution < -0.4 is 5.32 Å². The van der Waals surface area contributed by atoms with Crippen LogP contribution in [-0.2, 0) is 10.0 Å². The Morgan fingerprint density at radius 2 is 1.79 bits per heavy atom. The highest BCUT2D eigenvalue weighted by molar-refractivity contribution is 7.89. The molecule has 4 nitrogen and oxygen atoms in total. The van der Waals surface area contributed by atoms with E-state index in [4.69, 9.17) is 0 Å². The fourth-order valence-corrected chi connectivity index (χ4v) is 5.22. The van der Waals surface area contributed by atoms with Crippen LogP contribution in [0.4, 0.5) is 0 Å². The Hall–Kier alpha value is -0.130. The van der Waals surface area contributed by atoms with E-state index in [1.54, 1.807) is 4.31 Å². The second-order valence-electron chi connectivity index (χ2n) is 6.60. The first-order valence-corrected chi connectivity index (χ1v) is 9.44. The monoisotopic (exact) mass is 286 g/mol. The fourth-order valence-electron chi connectivity index (χ4n) is 3.61. The molecule has 0 unspecified atom stereocenters. The molecule has 0 radical (unpaired) electrons. The summed E-state index contributed by atoms with van der Waals surface area (Å²) in [6.45, 7) is 3.51. The van der Waals surface area contributed by atoms with Crippen LogP contribution in [-0.4, -0.2) is 44.7 Å². The van der Waals surface area contributed by atoms with Crippen molar-refractivity contribution < 1.29 is 8.42 Å². The van der Waals surface area contributed by atoms with E-state index in [0.29, 0.717) is 17.6 Å². The van der Waals surface area contributed by atoms with Crippen LogP contribution in [0.1, 0.15) is 38.5 Å². The van der Waals surface area contributed by atoms with Crippen molar-refractivity contribution in [2.24, 2.45) is 17.8 Å². The summed E-state index contributed by atoms with van der Waals surface area (Å²) in [5, 5.41) is 3.43. The van der Waals surface area contributed by atoms with Gasteiger partial charge in [-0.1, -0.05) is 12.8 Å². The van der Waals surface area contributed by atoms with Crippen LogP contribution in [0.2, 0.25) is 0 Å². The first kappa shape index (κ1) is 13.8. The summed E-state index contributed by atoms with van der Waals surface area (Å²) >= 11 is 0. The predicted octanol–water partition coefficient (Wildman–Crippen LogP) is 1.44. The van der Waals surface area contributed by atoms with E-state index in [0.717, 1.165) is 38.5 Å². The van der Waals surface area contributed by atoms with Crippen LogP contribution in [0.5, 0.6) is 0 Å². The van der Waals surface area contributed by atoms with Crippen molar-refractivity contribution in [3.05, 3.63) is 0 Å². The zero-order valence-electron chi connectivity index (χ0n) is 11.7. The zero-order chi connectivity index (χ0) is 13.3. The number of nitrogens with zero attached hydrogens (tertiary/aromatic N) is 1. The largest absolute Gasteiger partial charge is 0.316 e. The maximum atomic E-state index is 12.1. The van der Waals surface area contributed by atoms with Crippen molar-refractivity contribution in [2.45, 2.75) is 38.5 Å². The summed E-state index contributed by atoms with van der Waals surface area (Å²) in [7, 11) is -2.97. The van der Waals surface area contributed by atoms with Crippen LogP contribution in [0.3, 0.4) is 0 Å². The molecular formula is C14H26N2O2S. The molecule has 1 aliphatic heterocycles. The molecule has 3 rings (SSSR count). The van der Waals surface area contributed by atoms with Gasteiger partial charge in [-0.2, -0.15) is 0 Å². The molecule has 19 heavy (non-hydrogen) atoms. The first-order chi connectivity index (χ1) is 9.15. The van der Waals surface area contributed by atoms with Crippen molar-refractivity contribution in [3.8, 4) is 0 Å². The van der Waals surface area contributed by atoms with Gasteiger partial charge in [0.2, 0.25) is 10.0 Å². The third-order valence-electron chi connectivity index (χ3n) is 5.00. The zero-order valence-corrected chi connectivity index (χ0v) is 12.5. The van der Waals surface area contributed by atoms with Crippen LogP contribution in [0.15, 0.2) is 0 Å². The molecule has 2 atom stereocenters. The smallest absolute Gasteiger partial charge is 0.214 e. The summed E-state index contributed by atoms with van der Waals surface area (Å²) < 4.78 is 26.0. The van der Waals surface area contributed by atoms with Crippen molar-refractivity contribution in [1.82, 2.24) is 9.62 Å². The normalized spacial score (nSPS) is 31.8. The Labute approximate surface area is 117 Å². The Morgan fingerprint density at radius 1 is 1.11 bits per heavy atom. The van der Waals surface area contributed by atoms with E-state index in [1.807, 2.05) is 0 Å². The lowest BCUT2D eigenvalue weighted by Gasteiger charge is -2.18. The van der Waals surface area contributed by atoms with E-state index in [-0.39, 0.29) is 0 Å². The van der Waals surface area contributed by atoms with E-state index in [2.05, 4.69) is 5.32 Å². The summed E-state index contributed by atoms with van der Waals surface area (Å²) in [5.41, 5.74) is 0. The number of piperidine rings is 1. The molecule has 0 aromatic carbocycles. The molecule has 110 valence electrons. The number of sulfonamides is 1. The maximum Gasteiger partial charge on any atom is 0.214 e. The molecule has 1 heterocycles. The molecule has 0 bridgehead atoms. The van der Waals surface area contributed by atoms with Gasteiger partial charge in [-0.15, -0.1) is 0 Å². The lowest BCUT2D eigenvalue weighted by atomic mass is 10.1. The van der Waals surface area contributed by atoms with Gasteiger partial charge < -0.3 is 5.32 Å². The molecule has 1 N–H and O–H groups in total. The van der Waals surface area contributed by atoms with Crippen molar-refractivity contribution in [3.63, 3.8) is 0 Å². The Morgan fingerprint density at radius 3 is 2.47 bits per heavy atom. The van der Waals surface area contributed by atoms with Gasteiger partial charge in [0, 0.05) is 13.1 Å². The van der Waals surface area contributed by atoms with Gasteiger partial charge in [0.1, 0.15) is 0 Å². The molecule has 0 aromatic rings. The topological polar surface area (TPSA) is 49.4 Å². The average molecular weight is 286 g/mol. The highest BCUT2D eigenvalue weighted by Gasteiger charge is 2.48. The molecule has 0 amide bonds. The Bertz CT molecular complexity index is 394. The van der Waals surface area contributed by atoms with Gasteiger partial charge in [-0.25, -0.2) is 12.7 Å². The molecule has 5 heteroatoms. The van der Waals surface area contributed by atoms with Crippen LogP contribution in [0, 0.1) is 17.8 Å².